The van der Waals surface area contributed by atoms with Crippen LogP contribution >= 0.6 is 23.1 Å². The molecular weight excluding hydrogens is 358 g/mol. The maximum absolute atomic E-state index is 12.5. The number of amides is 2. The van der Waals surface area contributed by atoms with Crippen molar-refractivity contribution >= 4 is 35.1 Å². The lowest BCUT2D eigenvalue weighted by molar-refractivity contribution is -0.139. The first-order valence-corrected chi connectivity index (χ1v) is 9.60. The number of thioether (sulfide) groups is 1. The van der Waals surface area contributed by atoms with E-state index in [0.717, 1.165) is 9.90 Å². The zero-order valence-corrected chi connectivity index (χ0v) is 15.2. The summed E-state index contributed by atoms with van der Waals surface area (Å²) < 4.78 is 5.22. The Morgan fingerprint density at radius 3 is 2.92 bits per heavy atom. The second-order valence-corrected chi connectivity index (χ2v) is 7.09. The average molecular weight is 375 g/mol. The van der Waals surface area contributed by atoms with Crippen molar-refractivity contribution in [1.29, 1.82) is 0 Å². The number of aromatic nitrogens is 1. The number of urea groups is 1. The van der Waals surface area contributed by atoms with E-state index in [1.54, 1.807) is 13.1 Å². The van der Waals surface area contributed by atoms with E-state index >= 15 is 0 Å². The predicted molar refractivity (Wildman–Crippen MR) is 97.3 cm³/mol. The second-order valence-electron chi connectivity index (χ2n) is 5.12. The number of carbonyl (C=O) groups excluding carboxylic acids is 2. The number of esters is 1. The Morgan fingerprint density at radius 2 is 2.24 bits per heavy atom. The van der Waals surface area contributed by atoms with Crippen molar-refractivity contribution in [3.63, 3.8) is 0 Å². The third-order valence-electron chi connectivity index (χ3n) is 3.48. The van der Waals surface area contributed by atoms with Crippen molar-refractivity contribution in [3.05, 3.63) is 58.1 Å². The van der Waals surface area contributed by atoms with Crippen LogP contribution in [0.4, 0.5) is 4.79 Å². The van der Waals surface area contributed by atoms with Gasteiger partial charge >= 0.3 is 12.0 Å². The Kier molecular flexibility index (Phi) is 5.72. The zero-order valence-electron chi connectivity index (χ0n) is 13.5. The molecule has 3 rings (SSSR count). The summed E-state index contributed by atoms with van der Waals surface area (Å²) in [6.45, 7) is 2.03. The highest BCUT2D eigenvalue weighted by atomic mass is 32.2. The maximum atomic E-state index is 12.5. The van der Waals surface area contributed by atoms with Gasteiger partial charge in [0.25, 0.3) is 0 Å². The molecule has 130 valence electrons. The lowest BCUT2D eigenvalue weighted by atomic mass is 10.0. The van der Waals surface area contributed by atoms with Gasteiger partial charge in [-0.05, 0) is 30.5 Å². The van der Waals surface area contributed by atoms with Crippen molar-refractivity contribution in [2.24, 2.45) is 0 Å². The topological polar surface area (TPSA) is 80.3 Å². The van der Waals surface area contributed by atoms with Gasteiger partial charge in [0.05, 0.1) is 23.2 Å². The van der Waals surface area contributed by atoms with Gasteiger partial charge in [-0.3, -0.25) is 0 Å². The number of hydrogen-bond donors (Lipinski definition) is 2. The Morgan fingerprint density at radius 1 is 1.36 bits per heavy atom. The quantitative estimate of drug-likeness (QED) is 0.599. The number of thiophene rings is 1. The Hall–Kier alpha value is -2.32. The number of pyridine rings is 1. The third kappa shape index (κ3) is 4.21. The molecular formula is C17H17N3O3S2. The molecule has 3 heterocycles. The minimum atomic E-state index is -0.507. The lowest BCUT2D eigenvalue weighted by Crippen LogP contribution is -2.46. The molecule has 0 saturated carbocycles. The normalized spacial score (nSPS) is 17.0. The molecule has 2 aromatic rings. The summed E-state index contributed by atoms with van der Waals surface area (Å²) in [6.07, 6.45) is 1.71. The molecule has 8 heteroatoms. The highest BCUT2D eigenvalue weighted by Crippen LogP contribution is 2.32. The SMILES string of the molecule is CCOC(=O)C1=C(CSc2ccccn2)NC(=O)NC1c1cccs1. The molecule has 0 radical (unpaired) electrons. The monoisotopic (exact) mass is 375 g/mol. The molecule has 0 bridgehead atoms. The van der Waals surface area contributed by atoms with Crippen molar-refractivity contribution < 1.29 is 14.3 Å². The van der Waals surface area contributed by atoms with E-state index in [1.807, 2.05) is 35.7 Å². The molecule has 2 aromatic heterocycles. The second kappa shape index (κ2) is 8.17. The van der Waals surface area contributed by atoms with Crippen LogP contribution in [0.2, 0.25) is 0 Å². The summed E-state index contributed by atoms with van der Waals surface area (Å²) in [5, 5.41) is 8.30. The number of hydrogen-bond acceptors (Lipinski definition) is 6. The van der Waals surface area contributed by atoms with Gasteiger partial charge in [-0.15, -0.1) is 23.1 Å². The van der Waals surface area contributed by atoms with Crippen LogP contribution in [-0.4, -0.2) is 29.3 Å². The fraction of sp³-hybridized carbons (Fsp3) is 0.235. The molecule has 0 aromatic carbocycles. The highest BCUT2D eigenvalue weighted by Gasteiger charge is 2.34. The summed E-state index contributed by atoms with van der Waals surface area (Å²) in [7, 11) is 0. The first-order valence-electron chi connectivity index (χ1n) is 7.74. The minimum Gasteiger partial charge on any atom is -0.463 e. The molecule has 1 aliphatic heterocycles. The van der Waals surface area contributed by atoms with Gasteiger partial charge in [0.15, 0.2) is 0 Å². The van der Waals surface area contributed by atoms with Crippen LogP contribution in [0.15, 0.2) is 58.2 Å². The number of nitrogens with one attached hydrogen (secondary N) is 2. The van der Waals surface area contributed by atoms with Gasteiger partial charge in [0.1, 0.15) is 0 Å². The summed E-state index contributed by atoms with van der Waals surface area (Å²) >= 11 is 2.94. The highest BCUT2D eigenvalue weighted by molar-refractivity contribution is 7.99. The van der Waals surface area contributed by atoms with Crippen LogP contribution in [0, 0.1) is 0 Å². The van der Waals surface area contributed by atoms with E-state index in [4.69, 9.17) is 4.74 Å². The van der Waals surface area contributed by atoms with E-state index in [1.165, 1.54) is 23.1 Å². The standard InChI is InChI=1S/C17H17N3O3S2/c1-2-23-16(21)14-11(10-25-13-7-3-4-8-18-13)19-17(22)20-15(14)12-6-5-9-24-12/h3-9,15H,2,10H2,1H3,(H2,19,20,22). The molecule has 0 saturated heterocycles. The Balaban J connectivity index is 1.93. The third-order valence-corrected chi connectivity index (χ3v) is 5.39. The van der Waals surface area contributed by atoms with Crippen molar-refractivity contribution in [3.8, 4) is 0 Å². The Bertz CT molecular complexity index is 776. The smallest absolute Gasteiger partial charge is 0.338 e. The van der Waals surface area contributed by atoms with Crippen molar-refractivity contribution in [2.45, 2.75) is 18.0 Å². The van der Waals surface area contributed by atoms with Crippen LogP contribution in [0.1, 0.15) is 17.8 Å². The minimum absolute atomic E-state index is 0.272. The van der Waals surface area contributed by atoms with Crippen LogP contribution < -0.4 is 10.6 Å². The molecule has 1 unspecified atom stereocenters. The zero-order chi connectivity index (χ0) is 17.6. The molecule has 25 heavy (non-hydrogen) atoms. The molecule has 6 nitrogen and oxygen atoms in total. The van der Waals surface area contributed by atoms with Crippen LogP contribution in [0.25, 0.3) is 0 Å². The summed E-state index contributed by atoms with van der Waals surface area (Å²) in [6, 6.07) is 8.56. The molecule has 1 atom stereocenters. The van der Waals surface area contributed by atoms with E-state index < -0.39 is 12.0 Å². The number of nitrogens with zero attached hydrogens (tertiary/aromatic N) is 1. The molecule has 2 amide bonds. The largest absolute Gasteiger partial charge is 0.463 e. The number of ether oxygens (including phenoxy) is 1. The van der Waals surface area contributed by atoms with Gasteiger partial charge in [-0.25, -0.2) is 14.6 Å². The van der Waals surface area contributed by atoms with Gasteiger partial charge in [0.2, 0.25) is 0 Å². The summed E-state index contributed by atoms with van der Waals surface area (Å²) in [4.78, 5) is 29.8. The number of carbonyl (C=O) groups is 2. The van der Waals surface area contributed by atoms with Crippen LogP contribution in [-0.2, 0) is 9.53 Å². The van der Waals surface area contributed by atoms with E-state index in [-0.39, 0.29) is 12.6 Å². The van der Waals surface area contributed by atoms with Gasteiger partial charge in [0, 0.05) is 22.5 Å². The number of rotatable bonds is 6. The molecule has 0 spiro atoms. The van der Waals surface area contributed by atoms with E-state index in [9.17, 15) is 9.59 Å². The molecule has 0 aliphatic carbocycles. The summed E-state index contributed by atoms with van der Waals surface area (Å²) in [5.41, 5.74) is 0.989. The first-order chi connectivity index (χ1) is 12.2. The van der Waals surface area contributed by atoms with Crippen molar-refractivity contribution in [2.75, 3.05) is 12.4 Å². The molecule has 0 fully saturated rings. The van der Waals surface area contributed by atoms with Crippen molar-refractivity contribution in [1.82, 2.24) is 15.6 Å². The van der Waals surface area contributed by atoms with Crippen LogP contribution in [0.3, 0.4) is 0 Å². The predicted octanol–water partition coefficient (Wildman–Crippen LogP) is 3.11. The summed E-state index contributed by atoms with van der Waals surface area (Å²) in [5.74, 6) is -0.00879. The van der Waals surface area contributed by atoms with Gasteiger partial charge in [-0.1, -0.05) is 12.1 Å². The van der Waals surface area contributed by atoms with E-state index in [2.05, 4.69) is 15.6 Å². The molecule has 1 aliphatic rings. The first kappa shape index (κ1) is 17.5. The fourth-order valence-corrected chi connectivity index (χ4v) is 4.04. The Labute approximate surface area is 153 Å². The van der Waals surface area contributed by atoms with Gasteiger partial charge < -0.3 is 15.4 Å². The molecule has 2 N–H and O–H groups in total. The lowest BCUT2D eigenvalue weighted by Gasteiger charge is -2.28. The fourth-order valence-electron chi connectivity index (χ4n) is 2.43. The average Bonchev–Trinajstić information content (AvgIpc) is 3.15. The van der Waals surface area contributed by atoms with Gasteiger partial charge in [-0.2, -0.15) is 0 Å². The van der Waals surface area contributed by atoms with E-state index in [0.29, 0.717) is 17.0 Å². The van der Waals surface area contributed by atoms with Crippen LogP contribution in [0.5, 0.6) is 0 Å². The maximum Gasteiger partial charge on any atom is 0.338 e.